The molecule has 1 heterocycles. The van der Waals surface area contributed by atoms with Gasteiger partial charge in [0.1, 0.15) is 24.4 Å². The highest BCUT2D eigenvalue weighted by Crippen LogP contribution is 2.14. The number of benzene rings is 2. The Morgan fingerprint density at radius 1 is 1.10 bits per heavy atom. The molecule has 1 fully saturated rings. The molecule has 2 N–H and O–H groups in total. The van der Waals surface area contributed by atoms with E-state index in [9.17, 15) is 14.4 Å². The Balaban J connectivity index is 1.67. The SMILES string of the molecule is COc1ccc(CC(NC(=O)C2CCC(=O)N2)C(=O)OCc2ccccc2)cc1. The molecule has 2 unspecified atom stereocenters. The van der Waals surface area contributed by atoms with Gasteiger partial charge in [0.25, 0.3) is 0 Å². The first-order valence-corrected chi connectivity index (χ1v) is 9.48. The van der Waals surface area contributed by atoms with Crippen LogP contribution in [0.5, 0.6) is 5.75 Å². The van der Waals surface area contributed by atoms with Crippen LogP contribution in [-0.2, 0) is 32.1 Å². The second-order valence-electron chi connectivity index (χ2n) is 6.87. The molecule has 0 aliphatic carbocycles. The maximum absolute atomic E-state index is 12.7. The fraction of sp³-hybridized carbons (Fsp3) is 0.318. The number of amides is 2. The second-order valence-corrected chi connectivity index (χ2v) is 6.87. The van der Waals surface area contributed by atoms with Crippen LogP contribution in [0, 0.1) is 0 Å². The molecule has 1 saturated heterocycles. The van der Waals surface area contributed by atoms with E-state index < -0.39 is 18.1 Å². The first-order valence-electron chi connectivity index (χ1n) is 9.48. The summed E-state index contributed by atoms with van der Waals surface area (Å²) in [5.41, 5.74) is 1.71. The van der Waals surface area contributed by atoms with Crippen LogP contribution in [0.15, 0.2) is 54.6 Å². The van der Waals surface area contributed by atoms with Gasteiger partial charge in [-0.1, -0.05) is 42.5 Å². The van der Waals surface area contributed by atoms with Crippen LogP contribution in [-0.4, -0.2) is 37.0 Å². The summed E-state index contributed by atoms with van der Waals surface area (Å²) in [6.07, 6.45) is 0.989. The Morgan fingerprint density at radius 3 is 2.45 bits per heavy atom. The zero-order chi connectivity index (χ0) is 20.6. The molecule has 7 heteroatoms. The summed E-state index contributed by atoms with van der Waals surface area (Å²) < 4.78 is 10.6. The lowest BCUT2D eigenvalue weighted by Crippen LogP contribution is -2.50. The van der Waals surface area contributed by atoms with E-state index in [1.165, 1.54) is 0 Å². The smallest absolute Gasteiger partial charge is 0.329 e. The highest BCUT2D eigenvalue weighted by Gasteiger charge is 2.31. The van der Waals surface area contributed by atoms with Crippen LogP contribution in [0.3, 0.4) is 0 Å². The second kappa shape index (κ2) is 9.73. The van der Waals surface area contributed by atoms with Gasteiger partial charge in [-0.2, -0.15) is 0 Å². The zero-order valence-corrected chi connectivity index (χ0v) is 16.2. The highest BCUT2D eigenvalue weighted by molar-refractivity contribution is 5.93. The van der Waals surface area contributed by atoms with Crippen molar-refractivity contribution >= 4 is 17.8 Å². The Bertz CT molecular complexity index is 851. The molecule has 1 aliphatic rings. The molecule has 2 aromatic carbocycles. The molecule has 2 aromatic rings. The summed E-state index contributed by atoms with van der Waals surface area (Å²) in [6.45, 7) is 0.120. The van der Waals surface area contributed by atoms with Crippen molar-refractivity contribution in [2.75, 3.05) is 7.11 Å². The third-order valence-electron chi connectivity index (χ3n) is 4.74. The molecule has 29 heavy (non-hydrogen) atoms. The third-order valence-corrected chi connectivity index (χ3v) is 4.74. The van der Waals surface area contributed by atoms with Gasteiger partial charge in [0, 0.05) is 12.8 Å². The van der Waals surface area contributed by atoms with Crippen LogP contribution in [0.1, 0.15) is 24.0 Å². The Morgan fingerprint density at radius 2 is 1.83 bits per heavy atom. The van der Waals surface area contributed by atoms with Gasteiger partial charge in [-0.25, -0.2) is 4.79 Å². The van der Waals surface area contributed by atoms with Crippen molar-refractivity contribution in [1.82, 2.24) is 10.6 Å². The largest absolute Gasteiger partial charge is 0.497 e. The quantitative estimate of drug-likeness (QED) is 0.663. The van der Waals surface area contributed by atoms with E-state index in [2.05, 4.69) is 10.6 Å². The minimum absolute atomic E-state index is 0.120. The minimum Gasteiger partial charge on any atom is -0.497 e. The predicted molar refractivity (Wildman–Crippen MR) is 106 cm³/mol. The topological polar surface area (TPSA) is 93.7 Å². The van der Waals surface area contributed by atoms with Gasteiger partial charge >= 0.3 is 5.97 Å². The molecule has 0 bridgehead atoms. The van der Waals surface area contributed by atoms with Gasteiger partial charge in [-0.3, -0.25) is 9.59 Å². The van der Waals surface area contributed by atoms with Crippen LogP contribution in [0.25, 0.3) is 0 Å². The van der Waals surface area contributed by atoms with Gasteiger partial charge in [0.05, 0.1) is 7.11 Å². The van der Waals surface area contributed by atoms with Crippen molar-refractivity contribution in [2.24, 2.45) is 0 Å². The zero-order valence-electron chi connectivity index (χ0n) is 16.2. The molecule has 0 saturated carbocycles. The molecule has 2 amide bonds. The molecule has 7 nitrogen and oxygen atoms in total. The average molecular weight is 396 g/mol. The molecule has 1 aliphatic heterocycles. The fourth-order valence-electron chi connectivity index (χ4n) is 3.10. The maximum atomic E-state index is 12.7. The highest BCUT2D eigenvalue weighted by atomic mass is 16.5. The molecular formula is C22H24N2O5. The normalized spacial score (nSPS) is 16.6. The lowest BCUT2D eigenvalue weighted by atomic mass is 10.0. The summed E-state index contributed by atoms with van der Waals surface area (Å²) in [5, 5.41) is 5.35. The van der Waals surface area contributed by atoms with Crippen molar-refractivity contribution in [2.45, 2.75) is 38.0 Å². The molecule has 152 valence electrons. The predicted octanol–water partition coefficient (Wildman–Crippen LogP) is 1.74. The monoisotopic (exact) mass is 396 g/mol. The van der Waals surface area contributed by atoms with Crippen LogP contribution < -0.4 is 15.4 Å². The van der Waals surface area contributed by atoms with Crippen molar-refractivity contribution in [3.63, 3.8) is 0 Å². The van der Waals surface area contributed by atoms with E-state index in [0.29, 0.717) is 18.6 Å². The molecule has 2 atom stereocenters. The standard InChI is InChI=1S/C22H24N2O5/c1-28-17-9-7-15(8-10-17)13-19(24-21(26)18-11-12-20(25)23-18)22(27)29-14-16-5-3-2-4-6-16/h2-10,18-19H,11-14H2,1H3,(H,23,25)(H,24,26). The van der Waals surface area contributed by atoms with E-state index in [4.69, 9.17) is 9.47 Å². The van der Waals surface area contributed by atoms with Crippen LogP contribution >= 0.6 is 0 Å². The molecule has 0 radical (unpaired) electrons. The lowest BCUT2D eigenvalue weighted by molar-refractivity contribution is -0.149. The number of carbonyl (C=O) groups excluding carboxylic acids is 3. The number of esters is 1. The Kier molecular flexibility index (Phi) is 6.84. The van der Waals surface area contributed by atoms with E-state index in [1.54, 1.807) is 19.2 Å². The summed E-state index contributed by atoms with van der Waals surface area (Å²) in [5.74, 6) is -0.369. The van der Waals surface area contributed by atoms with Crippen molar-refractivity contribution in [3.05, 3.63) is 65.7 Å². The van der Waals surface area contributed by atoms with Crippen LogP contribution in [0.4, 0.5) is 0 Å². The first kappa shape index (κ1) is 20.4. The molecular weight excluding hydrogens is 372 g/mol. The lowest BCUT2D eigenvalue weighted by Gasteiger charge is -2.20. The summed E-state index contributed by atoms with van der Waals surface area (Å²) >= 11 is 0. The Labute approximate surface area is 169 Å². The van der Waals surface area contributed by atoms with Crippen molar-refractivity contribution in [3.8, 4) is 5.75 Å². The first-order chi connectivity index (χ1) is 14.0. The fourth-order valence-corrected chi connectivity index (χ4v) is 3.10. The van der Waals surface area contributed by atoms with Gasteiger partial charge in [-0.15, -0.1) is 0 Å². The van der Waals surface area contributed by atoms with Crippen molar-refractivity contribution in [1.29, 1.82) is 0 Å². The van der Waals surface area contributed by atoms with E-state index in [0.717, 1.165) is 11.1 Å². The van der Waals surface area contributed by atoms with E-state index in [-0.39, 0.29) is 24.8 Å². The van der Waals surface area contributed by atoms with Gasteiger partial charge < -0.3 is 20.1 Å². The number of hydrogen-bond acceptors (Lipinski definition) is 5. The molecule has 0 spiro atoms. The van der Waals surface area contributed by atoms with E-state index in [1.807, 2.05) is 42.5 Å². The number of hydrogen-bond donors (Lipinski definition) is 2. The summed E-state index contributed by atoms with van der Waals surface area (Å²) in [7, 11) is 1.58. The van der Waals surface area contributed by atoms with Gasteiger partial charge in [-0.05, 0) is 29.7 Å². The summed E-state index contributed by atoms with van der Waals surface area (Å²) in [6, 6.07) is 15.1. The Hall–Kier alpha value is -3.35. The van der Waals surface area contributed by atoms with Gasteiger partial charge in [0.15, 0.2) is 0 Å². The van der Waals surface area contributed by atoms with Gasteiger partial charge in [0.2, 0.25) is 11.8 Å². The molecule has 0 aromatic heterocycles. The maximum Gasteiger partial charge on any atom is 0.329 e. The summed E-state index contributed by atoms with van der Waals surface area (Å²) in [4.78, 5) is 36.6. The van der Waals surface area contributed by atoms with Crippen LogP contribution in [0.2, 0.25) is 0 Å². The number of nitrogens with one attached hydrogen (secondary N) is 2. The number of carbonyl (C=O) groups is 3. The number of ether oxygens (including phenoxy) is 2. The van der Waals surface area contributed by atoms with E-state index >= 15 is 0 Å². The number of rotatable bonds is 8. The minimum atomic E-state index is -0.864. The van der Waals surface area contributed by atoms with Crippen molar-refractivity contribution < 1.29 is 23.9 Å². The average Bonchev–Trinajstić information content (AvgIpc) is 3.19. The number of methoxy groups -OCH3 is 1. The molecule has 3 rings (SSSR count). The third kappa shape index (κ3) is 5.81.